The van der Waals surface area contributed by atoms with Crippen molar-refractivity contribution in [3.63, 3.8) is 0 Å². The minimum atomic E-state index is -0.191. The molecule has 0 bridgehead atoms. The molecule has 8 rings (SSSR count). The molecule has 0 amide bonds. The van der Waals surface area contributed by atoms with E-state index >= 15 is 0 Å². The Labute approximate surface area is 205 Å². The van der Waals surface area contributed by atoms with Gasteiger partial charge in [0.15, 0.2) is 0 Å². The van der Waals surface area contributed by atoms with Gasteiger partial charge in [-0.3, -0.25) is 0 Å². The Morgan fingerprint density at radius 1 is 0.543 bits per heavy atom. The second-order valence-electron chi connectivity index (χ2n) is 10.4. The SMILES string of the molecule is c1ccc2c(c1)-c1nc3ccccc3nc1-c1ccccc1C21c2ccccc2[C@H]2CCCCC21. The predicted molar refractivity (Wildman–Crippen MR) is 141 cm³/mol. The molecule has 2 atom stereocenters. The van der Waals surface area contributed by atoms with Gasteiger partial charge in [0.25, 0.3) is 0 Å². The summed E-state index contributed by atoms with van der Waals surface area (Å²) in [4.78, 5) is 10.5. The van der Waals surface area contributed by atoms with Crippen molar-refractivity contribution >= 4 is 11.0 Å². The lowest BCUT2D eigenvalue weighted by Gasteiger charge is -2.42. The third kappa shape index (κ3) is 2.44. The quantitative estimate of drug-likeness (QED) is 0.240. The average Bonchev–Trinajstić information content (AvgIpc) is 3.18. The van der Waals surface area contributed by atoms with Crippen molar-refractivity contribution in [3.05, 3.63) is 119 Å². The molecule has 1 fully saturated rings. The molecule has 0 aliphatic heterocycles. The summed E-state index contributed by atoms with van der Waals surface area (Å²) in [6.45, 7) is 0. The Bertz CT molecular complexity index is 1550. The van der Waals surface area contributed by atoms with Crippen LogP contribution in [0.3, 0.4) is 0 Å². The van der Waals surface area contributed by atoms with Crippen LogP contribution in [0, 0.1) is 5.92 Å². The molecule has 3 aliphatic rings. The highest BCUT2D eigenvalue weighted by Crippen LogP contribution is 2.65. The number of para-hydroxylation sites is 2. The Morgan fingerprint density at radius 3 is 1.71 bits per heavy atom. The largest absolute Gasteiger partial charge is 0.244 e. The van der Waals surface area contributed by atoms with Crippen LogP contribution in [0.1, 0.15) is 53.9 Å². The molecular weight excluding hydrogens is 424 g/mol. The Kier molecular flexibility index (Phi) is 3.97. The molecular formula is C33H26N2. The van der Waals surface area contributed by atoms with Crippen LogP contribution in [0.25, 0.3) is 33.5 Å². The number of hydrogen-bond donors (Lipinski definition) is 0. The van der Waals surface area contributed by atoms with Gasteiger partial charge in [-0.05, 0) is 59.1 Å². The van der Waals surface area contributed by atoms with Crippen molar-refractivity contribution in [1.82, 2.24) is 9.97 Å². The average molecular weight is 451 g/mol. The first-order valence-electron chi connectivity index (χ1n) is 12.9. The summed E-state index contributed by atoms with van der Waals surface area (Å²) in [5.74, 6) is 1.14. The van der Waals surface area contributed by atoms with Crippen molar-refractivity contribution in [2.24, 2.45) is 5.92 Å². The Morgan fingerprint density at radius 2 is 1.06 bits per heavy atom. The maximum atomic E-state index is 5.27. The van der Waals surface area contributed by atoms with Crippen LogP contribution in [-0.4, -0.2) is 9.97 Å². The molecule has 3 aliphatic carbocycles. The van der Waals surface area contributed by atoms with Gasteiger partial charge in [-0.15, -0.1) is 0 Å². The van der Waals surface area contributed by atoms with Gasteiger partial charge in [0.1, 0.15) is 0 Å². The van der Waals surface area contributed by atoms with Gasteiger partial charge in [-0.2, -0.15) is 0 Å². The van der Waals surface area contributed by atoms with Gasteiger partial charge < -0.3 is 0 Å². The van der Waals surface area contributed by atoms with Crippen LogP contribution >= 0.6 is 0 Å². The Balaban J connectivity index is 1.58. The van der Waals surface area contributed by atoms with E-state index in [4.69, 9.17) is 9.97 Å². The number of fused-ring (bicyclic) bond motifs is 13. The van der Waals surface area contributed by atoms with Crippen molar-refractivity contribution < 1.29 is 0 Å². The molecule has 0 N–H and O–H groups in total. The number of aromatic nitrogens is 2. The fourth-order valence-electron chi connectivity index (χ4n) is 7.68. The predicted octanol–water partition coefficient (Wildman–Crippen LogP) is 7.90. The van der Waals surface area contributed by atoms with Gasteiger partial charge in [-0.1, -0.05) is 97.8 Å². The van der Waals surface area contributed by atoms with E-state index in [1.807, 2.05) is 0 Å². The first kappa shape index (κ1) is 19.5. The molecule has 1 aromatic heterocycles. The van der Waals surface area contributed by atoms with Gasteiger partial charge >= 0.3 is 0 Å². The molecule has 2 nitrogen and oxygen atoms in total. The number of nitrogens with zero attached hydrogens (tertiary/aromatic N) is 2. The third-order valence-electron chi connectivity index (χ3n) is 8.89. The second kappa shape index (κ2) is 7.11. The molecule has 4 aromatic carbocycles. The van der Waals surface area contributed by atoms with Crippen LogP contribution in [-0.2, 0) is 5.41 Å². The molecule has 2 heteroatoms. The number of rotatable bonds is 0. The monoisotopic (exact) mass is 450 g/mol. The van der Waals surface area contributed by atoms with Crippen LogP contribution in [0.4, 0.5) is 0 Å². The van der Waals surface area contributed by atoms with Gasteiger partial charge in [0.05, 0.1) is 27.8 Å². The van der Waals surface area contributed by atoms with Crippen LogP contribution < -0.4 is 0 Å². The summed E-state index contributed by atoms with van der Waals surface area (Å²) < 4.78 is 0. The lowest BCUT2D eigenvalue weighted by Crippen LogP contribution is -2.37. The molecule has 1 unspecified atom stereocenters. The zero-order valence-electron chi connectivity index (χ0n) is 19.6. The molecule has 168 valence electrons. The van der Waals surface area contributed by atoms with E-state index in [0.717, 1.165) is 22.4 Å². The van der Waals surface area contributed by atoms with E-state index in [1.54, 1.807) is 5.56 Å². The molecule has 5 aromatic rings. The summed E-state index contributed by atoms with van der Waals surface area (Å²) in [7, 11) is 0. The Hall–Kier alpha value is -3.78. The molecule has 0 saturated heterocycles. The highest BCUT2D eigenvalue weighted by molar-refractivity contribution is 5.92. The van der Waals surface area contributed by atoms with Gasteiger partial charge in [-0.25, -0.2) is 9.97 Å². The van der Waals surface area contributed by atoms with Crippen molar-refractivity contribution in [2.75, 3.05) is 0 Å². The third-order valence-corrected chi connectivity index (χ3v) is 8.89. The highest BCUT2D eigenvalue weighted by atomic mass is 14.8. The van der Waals surface area contributed by atoms with E-state index in [2.05, 4.69) is 97.1 Å². The maximum Gasteiger partial charge on any atom is 0.0976 e. The first-order chi connectivity index (χ1) is 17.4. The van der Waals surface area contributed by atoms with Crippen molar-refractivity contribution in [2.45, 2.75) is 37.0 Å². The smallest absolute Gasteiger partial charge is 0.0976 e. The minimum Gasteiger partial charge on any atom is -0.244 e. The summed E-state index contributed by atoms with van der Waals surface area (Å²) >= 11 is 0. The fourth-order valence-corrected chi connectivity index (χ4v) is 7.68. The van der Waals surface area contributed by atoms with Gasteiger partial charge in [0, 0.05) is 11.1 Å². The summed E-state index contributed by atoms with van der Waals surface area (Å²) in [6.07, 6.45) is 5.15. The van der Waals surface area contributed by atoms with Crippen LogP contribution in [0.2, 0.25) is 0 Å². The lowest BCUT2D eigenvalue weighted by molar-refractivity contribution is 0.263. The topological polar surface area (TPSA) is 25.8 Å². The summed E-state index contributed by atoms with van der Waals surface area (Å²) in [5.41, 5.74) is 12.1. The van der Waals surface area contributed by atoms with E-state index in [1.165, 1.54) is 53.5 Å². The van der Waals surface area contributed by atoms with Gasteiger partial charge in [0.2, 0.25) is 0 Å². The van der Waals surface area contributed by atoms with E-state index in [0.29, 0.717) is 11.8 Å². The standard InChI is InChI=1S/C33H26N2/c1-5-15-25-21(11-1)22-12-2-6-16-26(22)33(25)27-17-7-3-13-23(27)31-32(24-14-4-8-18-28(24)33)35-30-20-10-9-19-29(30)34-31/h1,3-5,7-11,13-15,17-20,22,26H,2,6,12,16H2/t22-,26?/m1/s1. The summed E-state index contributed by atoms with van der Waals surface area (Å²) in [5, 5.41) is 0. The van der Waals surface area contributed by atoms with Crippen molar-refractivity contribution in [1.29, 1.82) is 0 Å². The minimum absolute atomic E-state index is 0.191. The highest BCUT2D eigenvalue weighted by Gasteiger charge is 2.56. The zero-order chi connectivity index (χ0) is 23.0. The van der Waals surface area contributed by atoms with Crippen molar-refractivity contribution in [3.8, 4) is 22.5 Å². The fraction of sp³-hybridized carbons (Fsp3) is 0.212. The molecule has 1 saturated carbocycles. The second-order valence-corrected chi connectivity index (χ2v) is 10.4. The van der Waals surface area contributed by atoms with Crippen LogP contribution in [0.15, 0.2) is 97.1 Å². The summed E-state index contributed by atoms with van der Waals surface area (Å²) in [6, 6.07) is 35.7. The molecule has 1 spiro atoms. The van der Waals surface area contributed by atoms with E-state index in [9.17, 15) is 0 Å². The normalized spacial score (nSPS) is 20.9. The maximum absolute atomic E-state index is 5.27. The molecule has 0 radical (unpaired) electrons. The van der Waals surface area contributed by atoms with Crippen LogP contribution in [0.5, 0.6) is 0 Å². The first-order valence-corrected chi connectivity index (χ1v) is 12.9. The molecule has 35 heavy (non-hydrogen) atoms. The number of hydrogen-bond acceptors (Lipinski definition) is 2. The van der Waals surface area contributed by atoms with E-state index < -0.39 is 0 Å². The van der Waals surface area contributed by atoms with E-state index in [-0.39, 0.29) is 5.41 Å². The zero-order valence-corrected chi connectivity index (χ0v) is 19.6. The lowest BCUT2D eigenvalue weighted by atomic mass is 9.60. The molecule has 1 heterocycles. The number of benzene rings is 4.